The van der Waals surface area contributed by atoms with Crippen LogP contribution in [-0.2, 0) is 6.54 Å². The molecule has 106 valence electrons. The molecule has 0 spiro atoms. The first-order valence-electron chi connectivity index (χ1n) is 7.38. The third-order valence-electron chi connectivity index (χ3n) is 4.08. The lowest BCUT2D eigenvalue weighted by Gasteiger charge is -2.46. The summed E-state index contributed by atoms with van der Waals surface area (Å²) in [7, 11) is 0. The Morgan fingerprint density at radius 1 is 1.37 bits per heavy atom. The molecule has 1 fully saturated rings. The summed E-state index contributed by atoms with van der Waals surface area (Å²) < 4.78 is 0. The Balaban J connectivity index is 2.11. The molecule has 1 N–H and O–H groups in total. The van der Waals surface area contributed by atoms with Crippen LogP contribution < -0.4 is 5.32 Å². The summed E-state index contributed by atoms with van der Waals surface area (Å²) in [5.74, 6) is 0. The fourth-order valence-corrected chi connectivity index (χ4v) is 2.88. The van der Waals surface area contributed by atoms with Crippen LogP contribution in [0.3, 0.4) is 0 Å². The van der Waals surface area contributed by atoms with Gasteiger partial charge in [-0.3, -0.25) is 9.88 Å². The molecule has 1 aromatic rings. The van der Waals surface area contributed by atoms with Crippen LogP contribution in [0.25, 0.3) is 0 Å². The Labute approximate surface area is 117 Å². The molecule has 2 unspecified atom stereocenters. The van der Waals surface area contributed by atoms with Gasteiger partial charge in [0.05, 0.1) is 5.69 Å². The van der Waals surface area contributed by atoms with E-state index in [1.807, 2.05) is 12.3 Å². The summed E-state index contributed by atoms with van der Waals surface area (Å²) in [6.45, 7) is 12.4. The molecule has 0 aliphatic carbocycles. The summed E-state index contributed by atoms with van der Waals surface area (Å²) >= 11 is 0. The Bertz CT molecular complexity index is 383. The summed E-state index contributed by atoms with van der Waals surface area (Å²) in [6.07, 6.45) is 3.08. The summed E-state index contributed by atoms with van der Waals surface area (Å²) in [5.41, 5.74) is 1.47. The number of rotatable bonds is 3. The molecule has 0 radical (unpaired) electrons. The molecule has 1 aliphatic rings. The second-order valence-corrected chi connectivity index (χ2v) is 6.65. The van der Waals surface area contributed by atoms with Crippen LogP contribution in [0.1, 0.15) is 39.8 Å². The molecule has 1 saturated heterocycles. The summed E-state index contributed by atoms with van der Waals surface area (Å²) in [4.78, 5) is 7.08. The van der Waals surface area contributed by atoms with E-state index in [4.69, 9.17) is 0 Å². The maximum atomic E-state index is 4.48. The van der Waals surface area contributed by atoms with Gasteiger partial charge in [-0.1, -0.05) is 33.8 Å². The zero-order valence-corrected chi connectivity index (χ0v) is 12.7. The van der Waals surface area contributed by atoms with Gasteiger partial charge in [0.15, 0.2) is 0 Å². The molecule has 0 saturated carbocycles. The van der Waals surface area contributed by atoms with Crippen molar-refractivity contribution in [2.45, 2.75) is 52.7 Å². The predicted molar refractivity (Wildman–Crippen MR) is 80.0 cm³/mol. The van der Waals surface area contributed by atoms with Crippen molar-refractivity contribution in [3.63, 3.8) is 0 Å². The average molecular weight is 261 g/mol. The zero-order valence-electron chi connectivity index (χ0n) is 12.7. The minimum atomic E-state index is 0.292. The van der Waals surface area contributed by atoms with Gasteiger partial charge in [0.2, 0.25) is 0 Å². The van der Waals surface area contributed by atoms with E-state index in [-0.39, 0.29) is 0 Å². The number of hydrogen-bond donors (Lipinski definition) is 1. The van der Waals surface area contributed by atoms with Gasteiger partial charge in [0, 0.05) is 37.9 Å². The highest BCUT2D eigenvalue weighted by Gasteiger charge is 2.34. The van der Waals surface area contributed by atoms with E-state index < -0.39 is 0 Å². The number of nitrogens with one attached hydrogen (secondary N) is 1. The molecule has 3 heteroatoms. The van der Waals surface area contributed by atoms with Crippen molar-refractivity contribution in [2.75, 3.05) is 13.1 Å². The Hall–Kier alpha value is -0.930. The topological polar surface area (TPSA) is 28.2 Å². The highest BCUT2D eigenvalue weighted by atomic mass is 15.2. The first kappa shape index (κ1) is 14.5. The van der Waals surface area contributed by atoms with Crippen LogP contribution in [0.4, 0.5) is 0 Å². The quantitative estimate of drug-likeness (QED) is 0.906. The highest BCUT2D eigenvalue weighted by Crippen LogP contribution is 2.27. The van der Waals surface area contributed by atoms with E-state index in [0.717, 1.165) is 19.6 Å². The molecule has 2 heterocycles. The average Bonchev–Trinajstić information content (AvgIpc) is 2.38. The van der Waals surface area contributed by atoms with E-state index in [1.165, 1.54) is 12.1 Å². The number of pyridine rings is 1. The fourth-order valence-electron chi connectivity index (χ4n) is 2.88. The van der Waals surface area contributed by atoms with Crippen molar-refractivity contribution >= 4 is 0 Å². The molecule has 0 amide bonds. The maximum Gasteiger partial charge on any atom is 0.0544 e. The van der Waals surface area contributed by atoms with Crippen molar-refractivity contribution in [2.24, 2.45) is 5.41 Å². The van der Waals surface area contributed by atoms with E-state index in [1.54, 1.807) is 0 Å². The smallest absolute Gasteiger partial charge is 0.0544 e. The molecule has 19 heavy (non-hydrogen) atoms. The van der Waals surface area contributed by atoms with E-state index in [0.29, 0.717) is 17.5 Å². The lowest BCUT2D eigenvalue weighted by molar-refractivity contribution is 0.0475. The van der Waals surface area contributed by atoms with Gasteiger partial charge in [-0.15, -0.1) is 0 Å². The van der Waals surface area contributed by atoms with Gasteiger partial charge < -0.3 is 5.32 Å². The second kappa shape index (κ2) is 6.02. The maximum absolute atomic E-state index is 4.48. The number of aromatic nitrogens is 1. The minimum Gasteiger partial charge on any atom is -0.311 e. The van der Waals surface area contributed by atoms with E-state index in [9.17, 15) is 0 Å². The molecule has 0 aromatic carbocycles. The minimum absolute atomic E-state index is 0.292. The molecule has 0 bridgehead atoms. The van der Waals surface area contributed by atoms with Crippen LogP contribution >= 0.6 is 0 Å². The number of hydrogen-bond acceptors (Lipinski definition) is 3. The van der Waals surface area contributed by atoms with Crippen LogP contribution in [-0.4, -0.2) is 35.1 Å². The van der Waals surface area contributed by atoms with E-state index in [2.05, 4.69) is 55.0 Å². The first-order chi connectivity index (χ1) is 9.00. The monoisotopic (exact) mass is 261 g/mol. The Kier molecular flexibility index (Phi) is 4.58. The largest absolute Gasteiger partial charge is 0.311 e. The molecular formula is C16H27N3. The van der Waals surface area contributed by atoms with Crippen LogP contribution in [0, 0.1) is 5.41 Å². The molecule has 1 aliphatic heterocycles. The van der Waals surface area contributed by atoms with Gasteiger partial charge in [-0.05, 0) is 24.0 Å². The van der Waals surface area contributed by atoms with Gasteiger partial charge in [0.25, 0.3) is 0 Å². The van der Waals surface area contributed by atoms with Crippen molar-refractivity contribution in [3.8, 4) is 0 Å². The third-order valence-corrected chi connectivity index (χ3v) is 4.08. The van der Waals surface area contributed by atoms with E-state index >= 15 is 0 Å². The molecular weight excluding hydrogens is 234 g/mol. The van der Waals surface area contributed by atoms with Crippen LogP contribution in [0.2, 0.25) is 0 Å². The van der Waals surface area contributed by atoms with Crippen LogP contribution in [0.15, 0.2) is 24.4 Å². The first-order valence-corrected chi connectivity index (χ1v) is 7.38. The van der Waals surface area contributed by atoms with Crippen molar-refractivity contribution in [1.29, 1.82) is 0 Å². The number of piperazine rings is 1. The van der Waals surface area contributed by atoms with Gasteiger partial charge in [-0.25, -0.2) is 0 Å². The Morgan fingerprint density at radius 2 is 2.16 bits per heavy atom. The molecule has 1 aromatic heterocycles. The lowest BCUT2D eigenvalue weighted by Crippen LogP contribution is -2.60. The van der Waals surface area contributed by atoms with Gasteiger partial charge in [0.1, 0.15) is 0 Å². The Morgan fingerprint density at radius 3 is 2.74 bits per heavy atom. The number of nitrogens with zero attached hydrogens (tertiary/aromatic N) is 2. The van der Waals surface area contributed by atoms with Crippen molar-refractivity contribution in [1.82, 2.24) is 15.2 Å². The standard InChI is InChI=1S/C16H27N3/c1-5-13-11-19(12-14-8-6-7-9-17-14)15(10-18-13)16(2,3)4/h6-9,13,15,18H,5,10-12H2,1-4H3. The van der Waals surface area contributed by atoms with Crippen molar-refractivity contribution in [3.05, 3.63) is 30.1 Å². The van der Waals surface area contributed by atoms with Gasteiger partial charge in [-0.2, -0.15) is 0 Å². The van der Waals surface area contributed by atoms with Gasteiger partial charge >= 0.3 is 0 Å². The third kappa shape index (κ3) is 3.77. The lowest BCUT2D eigenvalue weighted by atomic mass is 9.83. The molecule has 3 nitrogen and oxygen atoms in total. The predicted octanol–water partition coefficient (Wildman–Crippen LogP) is 2.68. The van der Waals surface area contributed by atoms with Crippen LogP contribution in [0.5, 0.6) is 0 Å². The molecule has 2 atom stereocenters. The fraction of sp³-hybridized carbons (Fsp3) is 0.688. The second-order valence-electron chi connectivity index (χ2n) is 6.65. The summed E-state index contributed by atoms with van der Waals surface area (Å²) in [5, 5.41) is 3.68. The summed E-state index contributed by atoms with van der Waals surface area (Å²) in [6, 6.07) is 7.37. The highest BCUT2D eigenvalue weighted by molar-refractivity contribution is 5.05. The normalized spacial score (nSPS) is 25.5. The zero-order chi connectivity index (χ0) is 13.9. The van der Waals surface area contributed by atoms with Crippen molar-refractivity contribution < 1.29 is 0 Å². The molecule has 2 rings (SSSR count). The SMILES string of the molecule is CCC1CN(Cc2ccccn2)C(C(C)(C)C)CN1.